The monoisotopic (exact) mass is 239 g/mol. The molecule has 0 saturated heterocycles. The van der Waals surface area contributed by atoms with Crippen LogP contribution in [0.3, 0.4) is 0 Å². The van der Waals surface area contributed by atoms with Crippen molar-refractivity contribution in [2.75, 3.05) is 11.9 Å². The zero-order valence-corrected chi connectivity index (χ0v) is 11.0. The van der Waals surface area contributed by atoms with Gasteiger partial charge >= 0.3 is 0 Å². The Kier molecular flexibility index (Phi) is 3.98. The topological polar surface area (TPSA) is 20.3 Å². The van der Waals surface area contributed by atoms with E-state index in [9.17, 15) is 4.79 Å². The van der Waals surface area contributed by atoms with Crippen LogP contribution in [0.2, 0.25) is 5.02 Å². The third-order valence-corrected chi connectivity index (χ3v) is 3.56. The van der Waals surface area contributed by atoms with Crippen molar-refractivity contribution in [1.82, 2.24) is 0 Å². The lowest BCUT2D eigenvalue weighted by Gasteiger charge is -2.38. The lowest BCUT2D eigenvalue weighted by Crippen LogP contribution is -2.41. The van der Waals surface area contributed by atoms with Crippen LogP contribution in [0, 0.1) is 0 Å². The van der Waals surface area contributed by atoms with E-state index >= 15 is 0 Å². The Morgan fingerprint density at radius 3 is 2.56 bits per heavy atom. The number of carbonyl (C=O) groups excluding carboxylic acids is 1. The van der Waals surface area contributed by atoms with Crippen LogP contribution in [0.4, 0.5) is 5.69 Å². The Hall–Kier alpha value is -1.02. The van der Waals surface area contributed by atoms with Crippen molar-refractivity contribution in [3.63, 3.8) is 0 Å². The van der Waals surface area contributed by atoms with E-state index in [1.807, 2.05) is 13.1 Å². The number of para-hydroxylation sites is 1. The molecule has 0 aliphatic carbocycles. The van der Waals surface area contributed by atoms with E-state index in [2.05, 4.69) is 25.7 Å². The quantitative estimate of drug-likeness (QED) is 0.746. The van der Waals surface area contributed by atoms with E-state index in [4.69, 9.17) is 11.6 Å². The van der Waals surface area contributed by atoms with E-state index in [0.717, 1.165) is 18.4 Å². The van der Waals surface area contributed by atoms with Gasteiger partial charge in [0.25, 0.3) is 0 Å². The second kappa shape index (κ2) is 4.88. The molecule has 0 spiro atoms. The summed E-state index contributed by atoms with van der Waals surface area (Å²) >= 11 is 6.17. The van der Waals surface area contributed by atoms with Crippen LogP contribution < -0.4 is 4.90 Å². The molecule has 16 heavy (non-hydrogen) atoms. The van der Waals surface area contributed by atoms with Gasteiger partial charge in [0, 0.05) is 18.2 Å². The highest BCUT2D eigenvalue weighted by molar-refractivity contribution is 6.34. The minimum atomic E-state index is -0.0250. The number of benzene rings is 1. The van der Waals surface area contributed by atoms with Crippen LogP contribution in [0.1, 0.15) is 37.6 Å². The first-order valence-corrected chi connectivity index (χ1v) is 5.79. The number of nitrogens with zero attached hydrogens (tertiary/aromatic N) is 1. The maximum atomic E-state index is 11.0. The number of hydrogen-bond donors (Lipinski definition) is 0. The van der Waals surface area contributed by atoms with E-state index in [1.54, 1.807) is 12.1 Å². The zero-order valence-electron chi connectivity index (χ0n) is 10.2. The van der Waals surface area contributed by atoms with Gasteiger partial charge in [-0.25, -0.2) is 0 Å². The number of aldehydes is 1. The molecule has 0 radical (unpaired) electrons. The van der Waals surface area contributed by atoms with Crippen LogP contribution in [-0.2, 0) is 0 Å². The molecular weight excluding hydrogens is 222 g/mol. The van der Waals surface area contributed by atoms with Crippen LogP contribution in [0.5, 0.6) is 0 Å². The van der Waals surface area contributed by atoms with Gasteiger partial charge < -0.3 is 4.90 Å². The Balaban J connectivity index is 3.27. The van der Waals surface area contributed by atoms with Crippen LogP contribution in [0.15, 0.2) is 18.2 Å². The minimum Gasteiger partial charge on any atom is -0.368 e. The highest BCUT2D eigenvalue weighted by Gasteiger charge is 2.24. The standard InChI is InChI=1S/C13H18ClNO/c1-5-13(2,3)15(4)12-10(9-16)7-6-8-11(12)14/h6-9H,5H2,1-4H3. The second-order valence-electron chi connectivity index (χ2n) is 4.52. The zero-order chi connectivity index (χ0) is 12.3. The molecule has 3 heteroatoms. The third-order valence-electron chi connectivity index (χ3n) is 3.25. The van der Waals surface area contributed by atoms with Crippen molar-refractivity contribution < 1.29 is 4.79 Å². The van der Waals surface area contributed by atoms with Crippen LogP contribution in [-0.4, -0.2) is 18.9 Å². The van der Waals surface area contributed by atoms with Crippen molar-refractivity contribution in [2.24, 2.45) is 0 Å². The predicted octanol–water partition coefficient (Wildman–Crippen LogP) is 3.78. The van der Waals surface area contributed by atoms with Gasteiger partial charge in [0.05, 0.1) is 10.7 Å². The Morgan fingerprint density at radius 1 is 1.44 bits per heavy atom. The molecule has 0 aliphatic rings. The summed E-state index contributed by atoms with van der Waals surface area (Å²) in [6, 6.07) is 5.39. The van der Waals surface area contributed by atoms with Crippen LogP contribution in [0.25, 0.3) is 0 Å². The molecule has 1 rings (SSSR count). The van der Waals surface area contributed by atoms with Gasteiger partial charge in [-0.05, 0) is 32.4 Å². The fourth-order valence-corrected chi connectivity index (χ4v) is 1.83. The maximum Gasteiger partial charge on any atom is 0.152 e. The molecule has 0 fully saturated rings. The highest BCUT2D eigenvalue weighted by atomic mass is 35.5. The molecule has 0 unspecified atom stereocenters. The van der Waals surface area contributed by atoms with Gasteiger partial charge in [-0.2, -0.15) is 0 Å². The second-order valence-corrected chi connectivity index (χ2v) is 4.93. The highest BCUT2D eigenvalue weighted by Crippen LogP contribution is 2.33. The molecule has 1 aromatic rings. The number of halogens is 1. The van der Waals surface area contributed by atoms with E-state index in [-0.39, 0.29) is 5.54 Å². The van der Waals surface area contributed by atoms with Gasteiger partial charge in [0.15, 0.2) is 6.29 Å². The maximum absolute atomic E-state index is 11.0. The predicted molar refractivity (Wildman–Crippen MR) is 69.6 cm³/mol. The molecule has 1 aromatic carbocycles. The summed E-state index contributed by atoms with van der Waals surface area (Å²) in [5.74, 6) is 0. The van der Waals surface area contributed by atoms with Gasteiger partial charge in [-0.1, -0.05) is 24.6 Å². The summed E-state index contributed by atoms with van der Waals surface area (Å²) in [7, 11) is 1.97. The Labute approximate surface area is 102 Å². The molecule has 0 aliphatic heterocycles. The third kappa shape index (κ3) is 2.38. The first-order chi connectivity index (χ1) is 7.44. The average Bonchev–Trinajstić information content (AvgIpc) is 2.27. The normalized spacial score (nSPS) is 11.3. The molecule has 0 N–H and O–H groups in total. The van der Waals surface area contributed by atoms with E-state index in [1.165, 1.54) is 0 Å². The summed E-state index contributed by atoms with van der Waals surface area (Å²) in [6.07, 6.45) is 1.83. The first-order valence-electron chi connectivity index (χ1n) is 5.41. The SMILES string of the molecule is CCC(C)(C)N(C)c1c(Cl)cccc1C=O. The summed E-state index contributed by atoms with van der Waals surface area (Å²) in [6.45, 7) is 6.38. The molecule has 2 nitrogen and oxygen atoms in total. The molecule has 0 heterocycles. The van der Waals surface area contributed by atoms with Crippen molar-refractivity contribution in [1.29, 1.82) is 0 Å². The van der Waals surface area contributed by atoms with Crippen molar-refractivity contribution in [3.8, 4) is 0 Å². The Morgan fingerprint density at radius 2 is 2.06 bits per heavy atom. The van der Waals surface area contributed by atoms with Gasteiger partial charge in [0.2, 0.25) is 0 Å². The average molecular weight is 240 g/mol. The van der Waals surface area contributed by atoms with Gasteiger partial charge in [-0.15, -0.1) is 0 Å². The minimum absolute atomic E-state index is 0.0250. The molecule has 0 atom stereocenters. The van der Waals surface area contributed by atoms with E-state index in [0.29, 0.717) is 10.6 Å². The number of rotatable bonds is 4. The smallest absolute Gasteiger partial charge is 0.152 e. The Bertz CT molecular complexity index is 388. The largest absolute Gasteiger partial charge is 0.368 e. The molecule has 0 saturated carbocycles. The molecule has 88 valence electrons. The molecule has 0 aromatic heterocycles. The number of carbonyl (C=O) groups is 1. The summed E-state index contributed by atoms with van der Waals surface area (Å²) in [5, 5.41) is 0.619. The summed E-state index contributed by atoms with van der Waals surface area (Å²) in [5.41, 5.74) is 1.42. The fourth-order valence-electron chi connectivity index (χ4n) is 1.52. The summed E-state index contributed by atoms with van der Waals surface area (Å²) < 4.78 is 0. The van der Waals surface area contributed by atoms with Gasteiger partial charge in [0.1, 0.15) is 0 Å². The molecular formula is C13H18ClNO. The summed E-state index contributed by atoms with van der Waals surface area (Å²) in [4.78, 5) is 13.1. The lowest BCUT2D eigenvalue weighted by molar-refractivity contribution is 0.112. The van der Waals surface area contributed by atoms with Crippen molar-refractivity contribution in [3.05, 3.63) is 28.8 Å². The molecule has 0 amide bonds. The lowest BCUT2D eigenvalue weighted by atomic mass is 9.98. The van der Waals surface area contributed by atoms with Gasteiger partial charge in [-0.3, -0.25) is 4.79 Å². The van der Waals surface area contributed by atoms with Crippen molar-refractivity contribution in [2.45, 2.75) is 32.7 Å². The number of anilines is 1. The van der Waals surface area contributed by atoms with Crippen molar-refractivity contribution >= 4 is 23.6 Å². The fraction of sp³-hybridized carbons (Fsp3) is 0.462. The van der Waals surface area contributed by atoms with Crippen LogP contribution >= 0.6 is 11.6 Å². The molecule has 0 bridgehead atoms. The van der Waals surface area contributed by atoms with E-state index < -0.39 is 0 Å². The first kappa shape index (κ1) is 13.0. The number of hydrogen-bond acceptors (Lipinski definition) is 2.